The lowest BCUT2D eigenvalue weighted by atomic mass is 10.0. The highest BCUT2D eigenvalue weighted by Gasteiger charge is 2.62. The van der Waals surface area contributed by atoms with E-state index in [1.54, 1.807) is 0 Å². The van der Waals surface area contributed by atoms with Crippen LogP contribution in [-0.2, 0) is 10.0 Å². The molecule has 2 aromatic carbocycles. The monoisotopic (exact) mass is 387 g/mol. The van der Waals surface area contributed by atoms with Gasteiger partial charge in [-0.05, 0) is 23.1 Å². The number of rotatable bonds is 4. The molecule has 1 aromatic heterocycles. The van der Waals surface area contributed by atoms with Crippen molar-refractivity contribution in [2.75, 3.05) is 0 Å². The van der Waals surface area contributed by atoms with Gasteiger partial charge in [-0.2, -0.15) is 4.98 Å². The van der Waals surface area contributed by atoms with Gasteiger partial charge in [-0.25, -0.2) is 17.9 Å². The second-order valence-corrected chi connectivity index (χ2v) is 8.89. The molecule has 140 valence electrons. The van der Waals surface area contributed by atoms with Crippen LogP contribution in [0.15, 0.2) is 57.9 Å². The van der Waals surface area contributed by atoms with Gasteiger partial charge in [0.1, 0.15) is 5.82 Å². The fourth-order valence-electron chi connectivity index (χ4n) is 3.68. The second kappa shape index (κ2) is 5.97. The van der Waals surface area contributed by atoms with E-state index in [1.165, 1.54) is 12.1 Å². The van der Waals surface area contributed by atoms with Crippen LogP contribution in [0.2, 0.25) is 0 Å². The van der Waals surface area contributed by atoms with E-state index in [-0.39, 0.29) is 22.1 Å². The van der Waals surface area contributed by atoms with Gasteiger partial charge in [0.15, 0.2) is 0 Å². The number of benzene rings is 2. The van der Waals surface area contributed by atoms with E-state index in [0.717, 1.165) is 11.6 Å². The molecule has 0 saturated heterocycles. The first kappa shape index (κ1) is 17.8. The molecule has 2 atom stereocenters. The third kappa shape index (κ3) is 3.04. The first-order valence-corrected chi connectivity index (χ1v) is 9.95. The number of hydrogen-bond acceptors (Lipinski definition) is 5. The van der Waals surface area contributed by atoms with Crippen LogP contribution in [-0.4, -0.2) is 18.6 Å². The molecule has 0 bridgehead atoms. The number of halogens is 1. The van der Waals surface area contributed by atoms with Crippen molar-refractivity contribution in [3.05, 3.63) is 65.8 Å². The Morgan fingerprint density at radius 2 is 1.81 bits per heavy atom. The zero-order valence-electron chi connectivity index (χ0n) is 14.8. The van der Waals surface area contributed by atoms with Crippen LogP contribution in [0, 0.1) is 11.2 Å². The molecule has 27 heavy (non-hydrogen) atoms. The molecular formula is C19H18FN3O3S. The maximum Gasteiger partial charge on any atom is 0.238 e. The molecule has 0 radical (unpaired) electrons. The Kier molecular flexibility index (Phi) is 3.94. The molecule has 0 amide bonds. The average molecular weight is 387 g/mol. The maximum atomic E-state index is 14.6. The van der Waals surface area contributed by atoms with Crippen LogP contribution >= 0.6 is 0 Å². The first-order valence-electron chi connectivity index (χ1n) is 8.41. The normalized spacial score (nSPS) is 21.2. The van der Waals surface area contributed by atoms with Crippen LogP contribution < -0.4 is 5.14 Å². The van der Waals surface area contributed by atoms with Gasteiger partial charge in [0.05, 0.1) is 10.8 Å². The topological polar surface area (TPSA) is 99.1 Å². The molecule has 0 unspecified atom stereocenters. The predicted molar refractivity (Wildman–Crippen MR) is 96.8 cm³/mol. The number of sulfonamides is 1. The summed E-state index contributed by atoms with van der Waals surface area (Å²) >= 11 is 0. The van der Waals surface area contributed by atoms with Crippen molar-refractivity contribution in [2.45, 2.75) is 30.6 Å². The highest BCUT2D eigenvalue weighted by Crippen LogP contribution is 2.69. The standard InChI is InChI=1S/C19H18FN3O3S/c1-19(2)15(13-9-8-12(10-14(13)20)27(21,24)25)16(19)18-22-17(23-26-18)11-6-4-3-5-7-11/h3-10,15-16H,1-2H3,(H2,21,24,25)/t15-,16+/m1/s1. The van der Waals surface area contributed by atoms with Crippen LogP contribution in [0.25, 0.3) is 11.4 Å². The molecule has 1 aliphatic carbocycles. The SMILES string of the molecule is CC1(C)[C@H](c2nc(-c3ccccc3)no2)[C@H]1c1ccc(S(N)(=O)=O)cc1F. The molecule has 8 heteroatoms. The van der Waals surface area contributed by atoms with E-state index in [1.807, 2.05) is 44.2 Å². The molecule has 3 aromatic rings. The van der Waals surface area contributed by atoms with Gasteiger partial charge < -0.3 is 4.52 Å². The zero-order chi connectivity index (χ0) is 19.4. The van der Waals surface area contributed by atoms with Gasteiger partial charge >= 0.3 is 0 Å². The number of nitrogens with two attached hydrogens (primary N) is 1. The number of nitrogens with zero attached hydrogens (tertiary/aromatic N) is 2. The van der Waals surface area contributed by atoms with Crippen molar-refractivity contribution in [3.8, 4) is 11.4 Å². The lowest BCUT2D eigenvalue weighted by Gasteiger charge is -2.06. The predicted octanol–water partition coefficient (Wildman–Crippen LogP) is 3.43. The highest BCUT2D eigenvalue weighted by atomic mass is 32.2. The number of hydrogen-bond donors (Lipinski definition) is 1. The first-order chi connectivity index (χ1) is 12.7. The summed E-state index contributed by atoms with van der Waals surface area (Å²) in [5, 5.41) is 9.10. The fraction of sp³-hybridized carbons (Fsp3) is 0.263. The summed E-state index contributed by atoms with van der Waals surface area (Å²) in [4.78, 5) is 4.24. The quantitative estimate of drug-likeness (QED) is 0.739. The summed E-state index contributed by atoms with van der Waals surface area (Å²) in [6.07, 6.45) is 0. The third-order valence-electron chi connectivity index (χ3n) is 5.20. The molecule has 1 saturated carbocycles. The van der Waals surface area contributed by atoms with E-state index < -0.39 is 15.8 Å². The molecule has 1 aliphatic rings. The van der Waals surface area contributed by atoms with Crippen molar-refractivity contribution < 1.29 is 17.3 Å². The van der Waals surface area contributed by atoms with Crippen LogP contribution in [0.3, 0.4) is 0 Å². The Morgan fingerprint density at radius 3 is 2.44 bits per heavy atom. The molecular weight excluding hydrogens is 369 g/mol. The van der Waals surface area contributed by atoms with Gasteiger partial charge in [0, 0.05) is 11.5 Å². The van der Waals surface area contributed by atoms with Gasteiger partial charge in [-0.15, -0.1) is 0 Å². The van der Waals surface area contributed by atoms with Crippen LogP contribution in [0.5, 0.6) is 0 Å². The van der Waals surface area contributed by atoms with Gasteiger partial charge in [0.2, 0.25) is 21.7 Å². The summed E-state index contributed by atoms with van der Waals surface area (Å²) in [6.45, 7) is 3.98. The molecule has 0 aliphatic heterocycles. The molecule has 1 fully saturated rings. The van der Waals surface area contributed by atoms with E-state index in [0.29, 0.717) is 17.3 Å². The van der Waals surface area contributed by atoms with Crippen molar-refractivity contribution in [1.29, 1.82) is 0 Å². The Balaban J connectivity index is 1.66. The van der Waals surface area contributed by atoms with Crippen molar-refractivity contribution in [2.24, 2.45) is 10.6 Å². The molecule has 4 rings (SSSR count). The summed E-state index contributed by atoms with van der Waals surface area (Å²) < 4.78 is 42.9. The fourth-order valence-corrected chi connectivity index (χ4v) is 4.21. The van der Waals surface area contributed by atoms with E-state index >= 15 is 0 Å². The molecule has 2 N–H and O–H groups in total. The molecule has 6 nitrogen and oxygen atoms in total. The largest absolute Gasteiger partial charge is 0.339 e. The number of aromatic nitrogens is 2. The minimum atomic E-state index is -3.95. The van der Waals surface area contributed by atoms with Crippen molar-refractivity contribution in [1.82, 2.24) is 10.1 Å². The van der Waals surface area contributed by atoms with Crippen LogP contribution in [0.4, 0.5) is 4.39 Å². The lowest BCUT2D eigenvalue weighted by molar-refractivity contribution is 0.368. The molecule has 0 spiro atoms. The van der Waals surface area contributed by atoms with Gasteiger partial charge in [-0.1, -0.05) is 55.4 Å². The summed E-state index contributed by atoms with van der Waals surface area (Å²) in [5.41, 5.74) is 0.952. The van der Waals surface area contributed by atoms with Crippen molar-refractivity contribution in [3.63, 3.8) is 0 Å². The van der Waals surface area contributed by atoms with Crippen molar-refractivity contribution >= 4 is 10.0 Å². The smallest absolute Gasteiger partial charge is 0.238 e. The lowest BCUT2D eigenvalue weighted by Crippen LogP contribution is -2.12. The van der Waals surface area contributed by atoms with E-state index in [2.05, 4.69) is 10.1 Å². The third-order valence-corrected chi connectivity index (χ3v) is 6.11. The minimum absolute atomic E-state index is 0.155. The Labute approximate surface area is 156 Å². The zero-order valence-corrected chi connectivity index (χ0v) is 15.6. The Bertz CT molecular complexity index is 1110. The van der Waals surface area contributed by atoms with E-state index in [9.17, 15) is 12.8 Å². The Morgan fingerprint density at radius 1 is 1.11 bits per heavy atom. The molecule has 1 heterocycles. The second-order valence-electron chi connectivity index (χ2n) is 7.33. The minimum Gasteiger partial charge on any atom is -0.339 e. The maximum absolute atomic E-state index is 14.6. The Hall–Kier alpha value is -2.58. The highest BCUT2D eigenvalue weighted by molar-refractivity contribution is 7.89. The van der Waals surface area contributed by atoms with Crippen LogP contribution in [0.1, 0.15) is 37.1 Å². The average Bonchev–Trinajstić information content (AvgIpc) is 2.95. The number of primary sulfonamides is 1. The van der Waals surface area contributed by atoms with Gasteiger partial charge in [0.25, 0.3) is 0 Å². The van der Waals surface area contributed by atoms with Gasteiger partial charge in [-0.3, -0.25) is 0 Å². The summed E-state index contributed by atoms with van der Waals surface area (Å²) in [7, 11) is -3.95. The summed E-state index contributed by atoms with van der Waals surface area (Å²) in [6, 6.07) is 13.2. The summed E-state index contributed by atoms with van der Waals surface area (Å²) in [5.74, 6) is -0.0332. The van der Waals surface area contributed by atoms with E-state index in [4.69, 9.17) is 9.66 Å².